The molecule has 0 spiro atoms. The van der Waals surface area contributed by atoms with Gasteiger partial charge in [0.25, 0.3) is 0 Å². The van der Waals surface area contributed by atoms with Crippen LogP contribution in [0.25, 0.3) is 11.0 Å². The molecule has 4 fully saturated rings. The summed E-state index contributed by atoms with van der Waals surface area (Å²) in [5.74, 6) is 3.17. The molecule has 6 rings (SSSR count). The van der Waals surface area contributed by atoms with Crippen molar-refractivity contribution in [3.63, 3.8) is 0 Å². The number of hydrogen-bond donors (Lipinski definition) is 1. The number of Topliss-reactive ketones (excluding diaryl/α,β-unsaturated/α-hetero) is 1. The fraction of sp³-hybridized carbons (Fsp3) is 0.793. The van der Waals surface area contributed by atoms with E-state index in [9.17, 15) is 9.90 Å². The van der Waals surface area contributed by atoms with Crippen LogP contribution in [0.15, 0.2) is 18.5 Å². The summed E-state index contributed by atoms with van der Waals surface area (Å²) < 4.78 is 5.68. The second kappa shape index (κ2) is 8.87. The molecule has 0 unspecified atom stereocenters. The second-order valence-electron chi connectivity index (χ2n) is 13.0. The molecule has 8 atom stereocenters. The fourth-order valence-corrected chi connectivity index (χ4v) is 9.55. The molecule has 4 aliphatic carbocycles. The highest BCUT2D eigenvalue weighted by Gasteiger charge is 2.61. The summed E-state index contributed by atoms with van der Waals surface area (Å²) in [5, 5.41) is 20.3. The molecule has 1 N–H and O–H groups in total. The number of carbonyl (C=O) groups excluding carboxylic acids is 1. The van der Waals surface area contributed by atoms with Gasteiger partial charge in [-0.2, -0.15) is 15.0 Å². The Morgan fingerprint density at radius 2 is 1.83 bits per heavy atom. The smallest absolute Gasteiger partial charge is 0.159 e. The van der Waals surface area contributed by atoms with Crippen LogP contribution in [0.5, 0.6) is 0 Å². The summed E-state index contributed by atoms with van der Waals surface area (Å²) in [6, 6.07) is 1.84. The van der Waals surface area contributed by atoms with E-state index in [2.05, 4.69) is 29.0 Å². The van der Waals surface area contributed by atoms with Crippen LogP contribution in [0.4, 0.5) is 0 Å². The number of ether oxygens (including phenoxy) is 1. The quantitative estimate of drug-likeness (QED) is 0.619. The Balaban J connectivity index is 1.16. The Morgan fingerprint density at radius 1 is 1.06 bits per heavy atom. The molecule has 196 valence electrons. The standard InChI is InChI=1S/C29H42N4O3/c1-4-36-18-29(35)13-9-21-19-8-12-28(3)22(20(19)7-11-27(21,2)17-29)5-6-23(28)26(34)16-33-31-24-10-14-30-15-25(24)32-33/h10,14-15,19-23,35H,4-9,11-13,16-18H2,1-3H3/t19-,20+,21+,22-,23+,27-,28-,29+/m0/s1. The second-order valence-corrected chi connectivity index (χ2v) is 13.0. The first-order chi connectivity index (χ1) is 17.2. The molecule has 0 aliphatic heterocycles. The van der Waals surface area contributed by atoms with Crippen molar-refractivity contribution in [3.8, 4) is 0 Å². The number of rotatable bonds is 6. The molecule has 4 saturated carbocycles. The van der Waals surface area contributed by atoms with Gasteiger partial charge in [0.05, 0.1) is 18.4 Å². The van der Waals surface area contributed by atoms with Crippen LogP contribution < -0.4 is 0 Å². The zero-order valence-corrected chi connectivity index (χ0v) is 22.2. The summed E-state index contributed by atoms with van der Waals surface area (Å²) in [4.78, 5) is 19.3. The van der Waals surface area contributed by atoms with E-state index < -0.39 is 5.60 Å². The molecular weight excluding hydrogens is 452 g/mol. The van der Waals surface area contributed by atoms with Crippen LogP contribution in [0.1, 0.15) is 78.6 Å². The van der Waals surface area contributed by atoms with E-state index in [1.807, 2.05) is 13.0 Å². The first-order valence-corrected chi connectivity index (χ1v) is 14.2. The van der Waals surface area contributed by atoms with Gasteiger partial charge >= 0.3 is 0 Å². The van der Waals surface area contributed by atoms with Gasteiger partial charge in [-0.15, -0.1) is 0 Å². The van der Waals surface area contributed by atoms with Gasteiger partial charge < -0.3 is 9.84 Å². The number of ketones is 1. The minimum Gasteiger partial charge on any atom is -0.387 e. The first kappa shape index (κ1) is 24.5. The normalized spacial score (nSPS) is 42.1. The Kier molecular flexibility index (Phi) is 6.03. The van der Waals surface area contributed by atoms with Gasteiger partial charge in [-0.05, 0) is 105 Å². The fourth-order valence-electron chi connectivity index (χ4n) is 9.55. The zero-order valence-electron chi connectivity index (χ0n) is 22.2. The summed E-state index contributed by atoms with van der Waals surface area (Å²) in [6.07, 6.45) is 13.2. The van der Waals surface area contributed by atoms with Crippen molar-refractivity contribution in [3.05, 3.63) is 18.5 Å². The highest BCUT2D eigenvalue weighted by molar-refractivity contribution is 5.82. The third kappa shape index (κ3) is 3.92. The third-order valence-corrected chi connectivity index (χ3v) is 11.1. The van der Waals surface area contributed by atoms with Gasteiger partial charge in [0.15, 0.2) is 5.78 Å². The molecule has 0 aromatic carbocycles. The van der Waals surface area contributed by atoms with Crippen molar-refractivity contribution in [2.75, 3.05) is 13.2 Å². The molecule has 2 aromatic rings. The third-order valence-electron chi connectivity index (χ3n) is 11.1. The molecule has 0 amide bonds. The molecule has 0 saturated heterocycles. The summed E-state index contributed by atoms with van der Waals surface area (Å²) in [7, 11) is 0. The van der Waals surface area contributed by atoms with Crippen LogP contribution in [-0.2, 0) is 16.1 Å². The molecule has 2 heterocycles. The maximum absolute atomic E-state index is 13.6. The van der Waals surface area contributed by atoms with Crippen LogP contribution in [0.2, 0.25) is 0 Å². The van der Waals surface area contributed by atoms with Crippen LogP contribution in [0, 0.1) is 40.4 Å². The lowest BCUT2D eigenvalue weighted by atomic mass is 9.45. The predicted octanol–water partition coefficient (Wildman–Crippen LogP) is 4.82. The van der Waals surface area contributed by atoms with Crippen LogP contribution in [0.3, 0.4) is 0 Å². The Hall–Kier alpha value is -1.86. The number of fused-ring (bicyclic) bond motifs is 6. The van der Waals surface area contributed by atoms with Gasteiger partial charge in [-0.25, -0.2) is 0 Å². The molecule has 2 aromatic heterocycles. The van der Waals surface area contributed by atoms with Crippen molar-refractivity contribution in [1.29, 1.82) is 0 Å². The predicted molar refractivity (Wildman–Crippen MR) is 137 cm³/mol. The molecule has 0 bridgehead atoms. The van der Waals surface area contributed by atoms with E-state index in [1.165, 1.54) is 25.7 Å². The largest absolute Gasteiger partial charge is 0.387 e. The minimum absolute atomic E-state index is 0.0878. The number of carbonyl (C=O) groups is 1. The first-order valence-electron chi connectivity index (χ1n) is 14.2. The topological polar surface area (TPSA) is 90.1 Å². The Labute approximate surface area is 214 Å². The highest BCUT2D eigenvalue weighted by atomic mass is 16.5. The van der Waals surface area contributed by atoms with Crippen molar-refractivity contribution in [2.24, 2.45) is 40.4 Å². The molecule has 7 heteroatoms. The number of nitrogens with zero attached hydrogens (tertiary/aromatic N) is 4. The highest BCUT2D eigenvalue weighted by Crippen LogP contribution is 2.67. The molecule has 7 nitrogen and oxygen atoms in total. The Morgan fingerprint density at radius 3 is 2.64 bits per heavy atom. The monoisotopic (exact) mass is 494 g/mol. The van der Waals surface area contributed by atoms with E-state index in [1.54, 1.807) is 17.2 Å². The molecular formula is C29H42N4O3. The van der Waals surface area contributed by atoms with Crippen molar-refractivity contribution in [2.45, 2.75) is 90.7 Å². The van der Waals surface area contributed by atoms with E-state index in [0.29, 0.717) is 36.8 Å². The number of hydrogen-bond acceptors (Lipinski definition) is 6. The van der Waals surface area contributed by atoms with E-state index in [-0.39, 0.29) is 23.3 Å². The van der Waals surface area contributed by atoms with Gasteiger partial charge in [0.1, 0.15) is 17.6 Å². The minimum atomic E-state index is -0.663. The summed E-state index contributed by atoms with van der Waals surface area (Å²) in [6.45, 7) is 8.25. The Bertz CT molecular complexity index is 1100. The lowest BCUT2D eigenvalue weighted by molar-refractivity contribution is -0.162. The van der Waals surface area contributed by atoms with Crippen molar-refractivity contribution in [1.82, 2.24) is 20.0 Å². The molecule has 4 aliphatic rings. The van der Waals surface area contributed by atoms with Gasteiger partial charge in [0, 0.05) is 18.7 Å². The summed E-state index contributed by atoms with van der Waals surface area (Å²) >= 11 is 0. The SMILES string of the molecule is CCOC[C@@]1(O)CC[C@@H]2[C@H]3CC[C@]4(C)[C@@H](C(=O)Cn5nc6ccncc6n5)CC[C@H]4[C@@H]3CC[C@@]2(C)C1. The number of aliphatic hydroxyl groups is 1. The zero-order chi connectivity index (χ0) is 25.1. The van der Waals surface area contributed by atoms with Crippen molar-refractivity contribution < 1.29 is 14.6 Å². The van der Waals surface area contributed by atoms with Gasteiger partial charge in [-0.1, -0.05) is 13.8 Å². The average molecular weight is 495 g/mol. The van der Waals surface area contributed by atoms with Gasteiger partial charge in [0.2, 0.25) is 0 Å². The van der Waals surface area contributed by atoms with Crippen molar-refractivity contribution >= 4 is 16.8 Å². The lowest BCUT2D eigenvalue weighted by Gasteiger charge is -2.61. The maximum atomic E-state index is 13.6. The molecule has 0 radical (unpaired) electrons. The molecule has 36 heavy (non-hydrogen) atoms. The summed E-state index contributed by atoms with van der Waals surface area (Å²) in [5.41, 5.74) is 1.16. The number of pyridine rings is 1. The maximum Gasteiger partial charge on any atom is 0.159 e. The average Bonchev–Trinajstić information content (AvgIpc) is 3.42. The van der Waals surface area contributed by atoms with E-state index >= 15 is 0 Å². The van der Waals surface area contributed by atoms with Crippen LogP contribution in [-0.4, -0.2) is 49.7 Å². The van der Waals surface area contributed by atoms with E-state index in [0.717, 1.165) is 49.1 Å². The number of aromatic nitrogens is 4. The lowest BCUT2D eigenvalue weighted by Crippen LogP contribution is -2.56. The van der Waals surface area contributed by atoms with E-state index in [4.69, 9.17) is 4.74 Å². The van der Waals surface area contributed by atoms with Gasteiger partial charge in [-0.3, -0.25) is 9.78 Å². The van der Waals surface area contributed by atoms with Crippen LogP contribution >= 0.6 is 0 Å².